The summed E-state index contributed by atoms with van der Waals surface area (Å²) in [7, 11) is 6.10. The van der Waals surface area contributed by atoms with Crippen molar-refractivity contribution in [3.8, 4) is 40.8 Å². The van der Waals surface area contributed by atoms with E-state index >= 15 is 0 Å². The number of rotatable bonds is 11. The summed E-state index contributed by atoms with van der Waals surface area (Å²) in [5, 5.41) is 5.67. The van der Waals surface area contributed by atoms with Crippen LogP contribution in [-0.2, 0) is 11.9 Å². The Bertz CT molecular complexity index is 1540. The zero-order valence-corrected chi connectivity index (χ0v) is 23.0. The molecule has 202 valence electrons. The van der Waals surface area contributed by atoms with Crippen molar-refractivity contribution in [2.24, 2.45) is 12.2 Å². The molecule has 2 aromatic carbocycles. The summed E-state index contributed by atoms with van der Waals surface area (Å²) in [6, 6.07) is 11.9. The molecule has 1 unspecified atom stereocenters. The molecule has 0 saturated carbocycles. The average Bonchev–Trinajstić information content (AvgIpc) is 3.62. The molecule has 1 aliphatic carbocycles. The van der Waals surface area contributed by atoms with Crippen LogP contribution in [0.5, 0.6) is 17.2 Å². The molecule has 0 spiro atoms. The van der Waals surface area contributed by atoms with Crippen molar-refractivity contribution in [1.82, 2.24) is 9.47 Å². The van der Waals surface area contributed by atoms with Crippen molar-refractivity contribution in [3.05, 3.63) is 65.6 Å². The van der Waals surface area contributed by atoms with E-state index in [1.54, 1.807) is 18.6 Å². The molecule has 0 amide bonds. The first kappa shape index (κ1) is 26.3. The Labute approximate surface area is 228 Å². The van der Waals surface area contributed by atoms with E-state index in [-0.39, 0.29) is 0 Å². The van der Waals surface area contributed by atoms with Crippen molar-refractivity contribution < 1.29 is 23.5 Å². The fraction of sp³-hybridized carbons (Fsp3) is 0.323. The Morgan fingerprint density at radius 2 is 1.77 bits per heavy atom. The predicted octanol–water partition coefficient (Wildman–Crippen LogP) is 5.63. The largest absolute Gasteiger partial charge is 0.492 e. The van der Waals surface area contributed by atoms with Crippen LogP contribution < -0.4 is 14.2 Å². The van der Waals surface area contributed by atoms with Crippen LogP contribution in [-0.4, -0.2) is 55.6 Å². The third-order valence-electron chi connectivity index (χ3n) is 6.66. The first-order valence-corrected chi connectivity index (χ1v) is 13.0. The summed E-state index contributed by atoms with van der Waals surface area (Å²) in [5.74, 6) is 4.78. The number of fused-ring (bicyclic) bond motifs is 5. The van der Waals surface area contributed by atoms with E-state index in [1.165, 1.54) is 0 Å². The Hall–Kier alpha value is -4.35. The van der Waals surface area contributed by atoms with E-state index < -0.39 is 6.10 Å². The smallest absolute Gasteiger partial charge is 0.215 e. The lowest BCUT2D eigenvalue weighted by atomic mass is 10.1. The van der Waals surface area contributed by atoms with Gasteiger partial charge in [0.15, 0.2) is 11.5 Å². The van der Waals surface area contributed by atoms with Crippen molar-refractivity contribution >= 4 is 16.6 Å². The standard InChI is InChI=1S/C31H33N3O5/c1-7-26(20-12-14-35-19-20)39-32-30-22-17-27(36-8-2)28(37-9-3)18-23(22)31-29(30)24-16-21(38-15-13-33(4)5)10-11-25(24)34(31)6/h1,10-12,14,16-19,26H,8-9,13,15H2,2-6H3. The Morgan fingerprint density at radius 3 is 2.41 bits per heavy atom. The first-order valence-electron chi connectivity index (χ1n) is 13.0. The van der Waals surface area contributed by atoms with E-state index in [9.17, 15) is 0 Å². The number of nitrogens with zero attached hydrogens (tertiary/aromatic N) is 3. The van der Waals surface area contributed by atoms with Crippen molar-refractivity contribution in [2.45, 2.75) is 20.0 Å². The summed E-state index contributed by atoms with van der Waals surface area (Å²) < 4.78 is 25.4. The summed E-state index contributed by atoms with van der Waals surface area (Å²) in [6.07, 6.45) is 8.22. The van der Waals surface area contributed by atoms with Gasteiger partial charge in [0.2, 0.25) is 6.10 Å². The van der Waals surface area contributed by atoms with E-state index in [1.807, 2.05) is 53.2 Å². The predicted molar refractivity (Wildman–Crippen MR) is 152 cm³/mol. The highest BCUT2D eigenvalue weighted by Crippen LogP contribution is 2.47. The number of oxime groups is 1. The van der Waals surface area contributed by atoms with Gasteiger partial charge in [0.1, 0.15) is 18.1 Å². The lowest BCUT2D eigenvalue weighted by molar-refractivity contribution is 0.0996. The van der Waals surface area contributed by atoms with Crippen LogP contribution in [0.3, 0.4) is 0 Å². The van der Waals surface area contributed by atoms with Gasteiger partial charge in [0, 0.05) is 46.7 Å². The van der Waals surface area contributed by atoms with E-state index in [0.717, 1.165) is 51.1 Å². The minimum atomic E-state index is -0.697. The summed E-state index contributed by atoms with van der Waals surface area (Å²) in [6.45, 7) is 6.34. The number of likely N-dealkylation sites (N-methyl/N-ethyl adjacent to an activating group) is 1. The van der Waals surface area contributed by atoms with E-state index in [4.69, 9.17) is 29.9 Å². The molecule has 0 bridgehead atoms. The number of aryl methyl sites for hydroxylation is 1. The Balaban J connectivity index is 1.67. The number of hydrogen-bond donors (Lipinski definition) is 0. The van der Waals surface area contributed by atoms with E-state index in [2.05, 4.69) is 32.7 Å². The summed E-state index contributed by atoms with van der Waals surface area (Å²) >= 11 is 0. The summed E-state index contributed by atoms with van der Waals surface area (Å²) in [5.41, 5.74) is 6.26. The number of aromatic nitrogens is 1. The normalized spacial score (nSPS) is 13.8. The molecule has 0 radical (unpaired) electrons. The molecule has 0 saturated heterocycles. The lowest BCUT2D eigenvalue weighted by Gasteiger charge is -2.15. The zero-order valence-electron chi connectivity index (χ0n) is 23.0. The highest BCUT2D eigenvalue weighted by molar-refractivity contribution is 6.30. The number of terminal acetylenes is 1. The average molecular weight is 528 g/mol. The second-order valence-corrected chi connectivity index (χ2v) is 9.47. The van der Waals surface area contributed by atoms with E-state index in [0.29, 0.717) is 37.0 Å². The maximum absolute atomic E-state index is 6.07. The molecule has 1 atom stereocenters. The van der Waals surface area contributed by atoms with Crippen LogP contribution in [0.4, 0.5) is 0 Å². The van der Waals surface area contributed by atoms with Crippen LogP contribution >= 0.6 is 0 Å². The van der Waals surface area contributed by atoms with Crippen LogP contribution in [0, 0.1) is 12.3 Å². The Kier molecular flexibility index (Phi) is 7.53. The minimum absolute atomic E-state index is 0.505. The van der Waals surface area contributed by atoms with Crippen LogP contribution in [0.25, 0.3) is 22.2 Å². The van der Waals surface area contributed by atoms with Gasteiger partial charge in [0.25, 0.3) is 0 Å². The molecule has 4 aromatic rings. The zero-order chi connectivity index (χ0) is 27.5. The fourth-order valence-corrected chi connectivity index (χ4v) is 4.85. The molecule has 39 heavy (non-hydrogen) atoms. The molecule has 8 nitrogen and oxygen atoms in total. The van der Waals surface area contributed by atoms with Gasteiger partial charge in [0.05, 0.1) is 31.4 Å². The molecule has 0 N–H and O–H groups in total. The van der Waals surface area contributed by atoms with Gasteiger partial charge in [-0.1, -0.05) is 11.1 Å². The van der Waals surface area contributed by atoms with Crippen LogP contribution in [0.1, 0.15) is 36.6 Å². The van der Waals surface area contributed by atoms with Gasteiger partial charge in [-0.05, 0) is 64.3 Å². The lowest BCUT2D eigenvalue weighted by Crippen LogP contribution is -2.19. The van der Waals surface area contributed by atoms with Crippen molar-refractivity contribution in [3.63, 3.8) is 0 Å². The Morgan fingerprint density at radius 1 is 1.03 bits per heavy atom. The number of ether oxygens (including phenoxy) is 3. The SMILES string of the molecule is C#CC(ON=C1c2cc(OCC)c(OCC)cc2-c2c1c1cc(OCCN(C)C)ccc1n2C)c1ccoc1. The minimum Gasteiger partial charge on any atom is -0.492 e. The van der Waals surface area contributed by atoms with Gasteiger partial charge in [-0.3, -0.25) is 0 Å². The summed E-state index contributed by atoms with van der Waals surface area (Å²) in [4.78, 5) is 8.05. The topological polar surface area (TPSA) is 70.6 Å². The number of benzene rings is 2. The van der Waals surface area contributed by atoms with Crippen molar-refractivity contribution in [2.75, 3.05) is 40.5 Å². The molecular formula is C31H33N3O5. The fourth-order valence-electron chi connectivity index (χ4n) is 4.85. The van der Waals surface area contributed by atoms with Gasteiger partial charge in [-0.15, -0.1) is 6.42 Å². The second kappa shape index (κ2) is 11.2. The van der Waals surface area contributed by atoms with Gasteiger partial charge < -0.3 is 32.9 Å². The number of hydrogen-bond acceptors (Lipinski definition) is 7. The monoisotopic (exact) mass is 527 g/mol. The van der Waals surface area contributed by atoms with Gasteiger partial charge in [-0.2, -0.15) is 0 Å². The van der Waals surface area contributed by atoms with Gasteiger partial charge >= 0.3 is 0 Å². The molecule has 0 fully saturated rings. The number of furan rings is 1. The molecule has 5 rings (SSSR count). The molecule has 2 heterocycles. The molecule has 0 aliphatic heterocycles. The maximum Gasteiger partial charge on any atom is 0.215 e. The quantitative estimate of drug-likeness (QED) is 0.164. The highest BCUT2D eigenvalue weighted by atomic mass is 16.6. The van der Waals surface area contributed by atoms with Crippen molar-refractivity contribution in [1.29, 1.82) is 0 Å². The third-order valence-corrected chi connectivity index (χ3v) is 6.66. The molecule has 2 aromatic heterocycles. The highest BCUT2D eigenvalue weighted by Gasteiger charge is 2.34. The van der Waals surface area contributed by atoms with Gasteiger partial charge in [-0.25, -0.2) is 0 Å². The molecule has 1 aliphatic rings. The molecule has 8 heteroatoms. The van der Waals surface area contributed by atoms with Crippen LogP contribution in [0.15, 0.2) is 58.5 Å². The van der Waals surface area contributed by atoms with Crippen LogP contribution in [0.2, 0.25) is 0 Å². The third kappa shape index (κ3) is 4.93. The molecular weight excluding hydrogens is 494 g/mol. The first-order chi connectivity index (χ1) is 19.0. The maximum atomic E-state index is 6.07. The second-order valence-electron chi connectivity index (χ2n) is 9.47.